The van der Waals surface area contributed by atoms with Crippen LogP contribution in [0.5, 0.6) is 5.75 Å². The van der Waals surface area contributed by atoms with Crippen LogP contribution in [0.25, 0.3) is 0 Å². The molecule has 2 aromatic carbocycles. The van der Waals surface area contributed by atoms with Gasteiger partial charge >= 0.3 is 0 Å². The normalized spacial score (nSPS) is 20.1. The van der Waals surface area contributed by atoms with Gasteiger partial charge in [-0.2, -0.15) is 0 Å². The summed E-state index contributed by atoms with van der Waals surface area (Å²) >= 11 is 0. The third-order valence-corrected chi connectivity index (χ3v) is 5.50. The molecule has 0 radical (unpaired) electrons. The monoisotopic (exact) mass is 382 g/mol. The molecule has 0 aliphatic carbocycles. The van der Waals surface area contributed by atoms with Crippen molar-refractivity contribution in [1.82, 2.24) is 10.4 Å². The summed E-state index contributed by atoms with van der Waals surface area (Å²) in [6.45, 7) is 6.45. The zero-order chi connectivity index (χ0) is 20.3. The van der Waals surface area contributed by atoms with E-state index in [-0.39, 0.29) is 5.91 Å². The number of carbonyl (C=O) groups is 2. The van der Waals surface area contributed by atoms with Crippen molar-refractivity contribution in [2.24, 2.45) is 0 Å². The Labute approximate surface area is 165 Å². The van der Waals surface area contributed by atoms with Crippen LogP contribution in [0.4, 0.5) is 0 Å². The van der Waals surface area contributed by atoms with Gasteiger partial charge in [-0.25, -0.2) is 5.48 Å². The van der Waals surface area contributed by atoms with E-state index in [1.807, 2.05) is 56.3 Å². The molecule has 28 heavy (non-hydrogen) atoms. The minimum absolute atomic E-state index is 0.126. The summed E-state index contributed by atoms with van der Waals surface area (Å²) in [6.07, 6.45) is 0.593. The number of nitrogens with one attached hydrogen (secondary N) is 1. The van der Waals surface area contributed by atoms with E-state index >= 15 is 0 Å². The van der Waals surface area contributed by atoms with Crippen LogP contribution in [0.15, 0.2) is 48.5 Å². The first kappa shape index (κ1) is 19.9. The standard InChI is InChI=1S/C22H26N2O4/c1-15-6-4-7-17(12-15)14-28-19-9-5-8-18(13-19)22(3)10-11-24(21(22)26)16(2)20(25)23-27/h4-9,12-13,16,27H,10-11,14H2,1-3H3,(H,23,25). The number of hydroxylamine groups is 1. The molecule has 0 aromatic heterocycles. The summed E-state index contributed by atoms with van der Waals surface area (Å²) in [5, 5.41) is 8.85. The van der Waals surface area contributed by atoms with E-state index in [9.17, 15) is 9.59 Å². The summed E-state index contributed by atoms with van der Waals surface area (Å²) in [7, 11) is 0. The minimum atomic E-state index is -0.729. The highest BCUT2D eigenvalue weighted by molar-refractivity contribution is 5.94. The fourth-order valence-electron chi connectivity index (χ4n) is 3.64. The highest BCUT2D eigenvalue weighted by atomic mass is 16.5. The first-order valence-corrected chi connectivity index (χ1v) is 9.39. The van der Waals surface area contributed by atoms with Gasteiger partial charge in [0.15, 0.2) is 0 Å². The number of hydrogen-bond acceptors (Lipinski definition) is 4. The molecule has 148 valence electrons. The maximum absolute atomic E-state index is 13.0. The SMILES string of the molecule is Cc1cccc(COc2cccc(C3(C)CCN(C(C)C(=O)NO)C3=O)c2)c1. The van der Waals surface area contributed by atoms with E-state index in [1.165, 1.54) is 10.5 Å². The first-order chi connectivity index (χ1) is 13.3. The van der Waals surface area contributed by atoms with Crippen molar-refractivity contribution < 1.29 is 19.5 Å². The molecule has 2 N–H and O–H groups in total. The molecule has 6 nitrogen and oxygen atoms in total. The van der Waals surface area contributed by atoms with Gasteiger partial charge in [0, 0.05) is 6.54 Å². The van der Waals surface area contributed by atoms with E-state index in [1.54, 1.807) is 12.4 Å². The Morgan fingerprint density at radius 2 is 2.04 bits per heavy atom. The van der Waals surface area contributed by atoms with Crippen LogP contribution in [0.2, 0.25) is 0 Å². The Morgan fingerprint density at radius 1 is 1.29 bits per heavy atom. The van der Waals surface area contributed by atoms with Gasteiger partial charge in [-0.05, 0) is 50.5 Å². The van der Waals surface area contributed by atoms with Crippen LogP contribution < -0.4 is 10.2 Å². The second-order valence-electron chi connectivity index (χ2n) is 7.54. The Kier molecular flexibility index (Phi) is 5.70. The van der Waals surface area contributed by atoms with Crippen molar-refractivity contribution in [2.75, 3.05) is 6.54 Å². The summed E-state index contributed by atoms with van der Waals surface area (Å²) in [6, 6.07) is 15.0. The largest absolute Gasteiger partial charge is 0.489 e. The molecule has 3 rings (SSSR count). The second-order valence-corrected chi connectivity index (χ2v) is 7.54. The lowest BCUT2D eigenvalue weighted by atomic mass is 9.81. The molecule has 1 aliphatic heterocycles. The zero-order valence-corrected chi connectivity index (χ0v) is 16.4. The Bertz CT molecular complexity index is 882. The molecule has 6 heteroatoms. The predicted molar refractivity (Wildman–Crippen MR) is 105 cm³/mol. The number of likely N-dealkylation sites (tertiary alicyclic amines) is 1. The molecule has 1 aliphatic rings. The molecule has 0 bridgehead atoms. The molecule has 2 amide bonds. The van der Waals surface area contributed by atoms with E-state index < -0.39 is 17.4 Å². The third kappa shape index (κ3) is 3.87. The van der Waals surface area contributed by atoms with Gasteiger partial charge in [-0.1, -0.05) is 42.0 Å². The Hall–Kier alpha value is -2.86. The highest BCUT2D eigenvalue weighted by Gasteiger charge is 2.46. The molecule has 1 saturated heterocycles. The van der Waals surface area contributed by atoms with Crippen molar-refractivity contribution in [1.29, 1.82) is 0 Å². The van der Waals surface area contributed by atoms with Gasteiger partial charge in [0.05, 0.1) is 5.41 Å². The van der Waals surface area contributed by atoms with Crippen molar-refractivity contribution in [3.05, 3.63) is 65.2 Å². The third-order valence-electron chi connectivity index (χ3n) is 5.50. The van der Waals surface area contributed by atoms with E-state index in [0.717, 1.165) is 11.1 Å². The lowest BCUT2D eigenvalue weighted by molar-refractivity contribution is -0.143. The number of hydrogen-bond donors (Lipinski definition) is 2. The molecule has 2 unspecified atom stereocenters. The number of rotatable bonds is 6. The Balaban J connectivity index is 1.75. The smallest absolute Gasteiger partial charge is 0.265 e. The quantitative estimate of drug-likeness (QED) is 0.595. The first-order valence-electron chi connectivity index (χ1n) is 9.39. The average Bonchev–Trinajstić information content (AvgIpc) is 3.01. The average molecular weight is 382 g/mol. The van der Waals surface area contributed by atoms with Crippen LogP contribution in [0.1, 0.15) is 37.0 Å². The van der Waals surface area contributed by atoms with Crippen molar-refractivity contribution in [2.45, 2.75) is 45.3 Å². The summed E-state index contributed by atoms with van der Waals surface area (Å²) in [4.78, 5) is 26.3. The maximum Gasteiger partial charge on any atom is 0.265 e. The van der Waals surface area contributed by atoms with Gasteiger partial charge in [-0.15, -0.1) is 0 Å². The summed E-state index contributed by atoms with van der Waals surface area (Å²) in [5.41, 5.74) is 4.02. The molecule has 2 aromatic rings. The number of amides is 2. The molecular weight excluding hydrogens is 356 g/mol. The molecular formula is C22H26N2O4. The number of benzene rings is 2. The minimum Gasteiger partial charge on any atom is -0.489 e. The molecule has 1 fully saturated rings. The number of carbonyl (C=O) groups excluding carboxylic acids is 2. The van der Waals surface area contributed by atoms with Crippen LogP contribution >= 0.6 is 0 Å². The van der Waals surface area contributed by atoms with Gasteiger partial charge in [0.1, 0.15) is 18.4 Å². The van der Waals surface area contributed by atoms with Gasteiger partial charge in [0.2, 0.25) is 5.91 Å². The highest BCUT2D eigenvalue weighted by Crippen LogP contribution is 2.37. The summed E-state index contributed by atoms with van der Waals surface area (Å²) < 4.78 is 5.94. The van der Waals surface area contributed by atoms with E-state index in [2.05, 4.69) is 6.07 Å². The predicted octanol–water partition coefficient (Wildman–Crippen LogP) is 2.96. The molecule has 0 spiro atoms. The van der Waals surface area contributed by atoms with Crippen LogP contribution in [-0.2, 0) is 21.6 Å². The molecule has 0 saturated carbocycles. The Morgan fingerprint density at radius 3 is 2.75 bits per heavy atom. The van der Waals surface area contributed by atoms with Crippen molar-refractivity contribution >= 4 is 11.8 Å². The number of aryl methyl sites for hydroxylation is 1. The maximum atomic E-state index is 13.0. The second kappa shape index (κ2) is 8.02. The van der Waals surface area contributed by atoms with Crippen molar-refractivity contribution in [3.8, 4) is 5.75 Å². The van der Waals surface area contributed by atoms with E-state index in [4.69, 9.17) is 9.94 Å². The number of nitrogens with zero attached hydrogens (tertiary/aromatic N) is 1. The van der Waals surface area contributed by atoms with Crippen molar-refractivity contribution in [3.63, 3.8) is 0 Å². The number of ether oxygens (including phenoxy) is 1. The zero-order valence-electron chi connectivity index (χ0n) is 16.4. The topological polar surface area (TPSA) is 78.9 Å². The molecule has 2 atom stereocenters. The summed E-state index contributed by atoms with van der Waals surface area (Å²) in [5.74, 6) is -0.0140. The van der Waals surface area contributed by atoms with Gasteiger partial charge in [0.25, 0.3) is 5.91 Å². The fourth-order valence-corrected chi connectivity index (χ4v) is 3.64. The van der Waals surface area contributed by atoms with Gasteiger partial charge < -0.3 is 9.64 Å². The van der Waals surface area contributed by atoms with Gasteiger partial charge in [-0.3, -0.25) is 14.8 Å². The van der Waals surface area contributed by atoms with Crippen LogP contribution in [0, 0.1) is 6.92 Å². The lowest BCUT2D eigenvalue weighted by Crippen LogP contribution is -2.47. The van der Waals surface area contributed by atoms with E-state index in [0.29, 0.717) is 25.3 Å². The van der Waals surface area contributed by atoms with Crippen LogP contribution in [0.3, 0.4) is 0 Å². The van der Waals surface area contributed by atoms with Crippen LogP contribution in [-0.4, -0.2) is 34.5 Å². The fraction of sp³-hybridized carbons (Fsp3) is 0.364. The molecule has 1 heterocycles. The lowest BCUT2D eigenvalue weighted by Gasteiger charge is -2.27.